The van der Waals surface area contributed by atoms with Crippen LogP contribution in [0.15, 0.2) is 23.8 Å². The van der Waals surface area contributed by atoms with Crippen LogP contribution in [0, 0.1) is 0 Å². The van der Waals surface area contributed by atoms with Crippen molar-refractivity contribution in [2.45, 2.75) is 6.04 Å². The van der Waals surface area contributed by atoms with Crippen molar-refractivity contribution < 1.29 is 4.79 Å². The largest absolute Gasteiger partial charge is 0.350 e. The summed E-state index contributed by atoms with van der Waals surface area (Å²) in [7, 11) is 2.10. The van der Waals surface area contributed by atoms with E-state index in [0.717, 1.165) is 43.3 Å². The average molecular weight is 374 g/mol. The maximum absolute atomic E-state index is 12.6. The Kier molecular flexibility index (Phi) is 5.05. The minimum atomic E-state index is -0.0374. The standard InChI is InChI=1S/C16H22N8OS/c1-23-3-2-17-11(7-23)6-18-16(25)12-8-24(4-5-26-12)15-13-14(20-9-19-13)21-10-22-15/h8-11,17H,2-7H2,1H3,(H,18,25)(H,19,20,21,22). The van der Waals surface area contributed by atoms with E-state index in [1.54, 1.807) is 18.1 Å². The average Bonchev–Trinajstić information content (AvgIpc) is 3.15. The first-order chi connectivity index (χ1) is 12.7. The lowest BCUT2D eigenvalue weighted by molar-refractivity contribution is -0.117. The molecular weight excluding hydrogens is 352 g/mol. The molecule has 0 saturated carbocycles. The minimum absolute atomic E-state index is 0.0374. The molecule has 138 valence electrons. The van der Waals surface area contributed by atoms with Gasteiger partial charge in [-0.1, -0.05) is 0 Å². The van der Waals surface area contributed by atoms with Crippen LogP contribution in [-0.4, -0.2) is 82.3 Å². The number of anilines is 1. The van der Waals surface area contributed by atoms with Crippen molar-refractivity contribution in [2.24, 2.45) is 0 Å². The van der Waals surface area contributed by atoms with Gasteiger partial charge in [-0.2, -0.15) is 0 Å². The van der Waals surface area contributed by atoms with Gasteiger partial charge in [0.15, 0.2) is 11.5 Å². The second-order valence-electron chi connectivity index (χ2n) is 6.46. The number of piperazine rings is 1. The number of thioether (sulfide) groups is 1. The van der Waals surface area contributed by atoms with Crippen LogP contribution in [0.3, 0.4) is 0 Å². The Bertz CT molecular complexity index is 821. The molecule has 3 N–H and O–H groups in total. The second kappa shape index (κ2) is 7.60. The van der Waals surface area contributed by atoms with Crippen molar-refractivity contribution in [3.8, 4) is 0 Å². The number of hydrogen-bond acceptors (Lipinski definition) is 8. The van der Waals surface area contributed by atoms with E-state index < -0.39 is 0 Å². The first-order valence-corrected chi connectivity index (χ1v) is 9.65. The van der Waals surface area contributed by atoms with E-state index in [0.29, 0.717) is 17.1 Å². The number of amides is 1. The molecule has 2 aromatic heterocycles. The van der Waals surface area contributed by atoms with Gasteiger partial charge in [-0.15, -0.1) is 11.8 Å². The van der Waals surface area contributed by atoms with Crippen LogP contribution in [0.2, 0.25) is 0 Å². The molecule has 4 rings (SSSR count). The highest BCUT2D eigenvalue weighted by atomic mass is 32.2. The summed E-state index contributed by atoms with van der Waals surface area (Å²) in [5, 5.41) is 6.49. The predicted molar refractivity (Wildman–Crippen MR) is 102 cm³/mol. The van der Waals surface area contributed by atoms with Crippen LogP contribution >= 0.6 is 11.8 Å². The number of nitrogens with zero attached hydrogens (tertiary/aromatic N) is 5. The van der Waals surface area contributed by atoms with Gasteiger partial charge in [0.25, 0.3) is 5.91 Å². The van der Waals surface area contributed by atoms with Gasteiger partial charge in [0.05, 0.1) is 11.2 Å². The molecule has 0 aliphatic carbocycles. The van der Waals surface area contributed by atoms with Crippen LogP contribution in [0.4, 0.5) is 5.82 Å². The van der Waals surface area contributed by atoms with E-state index in [9.17, 15) is 4.79 Å². The third-order valence-corrected chi connectivity index (χ3v) is 5.52. The Balaban J connectivity index is 1.44. The molecule has 26 heavy (non-hydrogen) atoms. The summed E-state index contributed by atoms with van der Waals surface area (Å²) in [4.78, 5) is 33.3. The van der Waals surface area contributed by atoms with Gasteiger partial charge in [0.2, 0.25) is 0 Å². The van der Waals surface area contributed by atoms with Crippen molar-refractivity contribution in [3.05, 3.63) is 23.8 Å². The molecule has 1 saturated heterocycles. The molecule has 9 nitrogen and oxygen atoms in total. The zero-order chi connectivity index (χ0) is 17.9. The Hall–Kier alpha value is -2.17. The number of nitrogens with one attached hydrogen (secondary N) is 3. The summed E-state index contributed by atoms with van der Waals surface area (Å²) in [6.07, 6.45) is 4.97. The number of aromatic amines is 1. The predicted octanol–water partition coefficient (Wildman–Crippen LogP) is -0.233. The lowest BCUT2D eigenvalue weighted by atomic mass is 10.2. The monoisotopic (exact) mass is 374 g/mol. The Labute approximate surface area is 155 Å². The molecule has 1 atom stereocenters. The van der Waals surface area contributed by atoms with Crippen molar-refractivity contribution >= 4 is 34.7 Å². The number of fused-ring (bicyclic) bond motifs is 1. The SMILES string of the molecule is CN1CCNC(CNC(=O)C2=CN(c3ncnc4nc[nH]c34)CCS2)C1. The van der Waals surface area contributed by atoms with Gasteiger partial charge in [0.1, 0.15) is 11.8 Å². The van der Waals surface area contributed by atoms with Gasteiger partial charge in [-0.25, -0.2) is 15.0 Å². The van der Waals surface area contributed by atoms with Crippen LogP contribution in [0.5, 0.6) is 0 Å². The normalized spacial score (nSPS) is 21.7. The number of carbonyl (C=O) groups excluding carboxylic acids is 1. The first kappa shape index (κ1) is 17.3. The molecule has 0 aromatic carbocycles. The van der Waals surface area contributed by atoms with E-state index >= 15 is 0 Å². The molecule has 0 bridgehead atoms. The van der Waals surface area contributed by atoms with Crippen LogP contribution in [0.25, 0.3) is 11.2 Å². The molecule has 2 aromatic rings. The van der Waals surface area contributed by atoms with Crippen molar-refractivity contribution in [2.75, 3.05) is 50.4 Å². The lowest BCUT2D eigenvalue weighted by Crippen LogP contribution is -2.53. The third-order valence-electron chi connectivity index (χ3n) is 4.53. The van der Waals surface area contributed by atoms with Gasteiger partial charge in [0, 0.05) is 50.7 Å². The number of likely N-dealkylation sites (N-methyl/N-ethyl adjacent to an activating group) is 1. The van der Waals surface area contributed by atoms with E-state index in [1.165, 1.54) is 6.33 Å². The number of carbonyl (C=O) groups is 1. The number of hydrogen-bond donors (Lipinski definition) is 3. The topological polar surface area (TPSA) is 102 Å². The fourth-order valence-corrected chi connectivity index (χ4v) is 4.10. The molecule has 1 unspecified atom stereocenters. The summed E-state index contributed by atoms with van der Waals surface area (Å²) in [5.41, 5.74) is 1.41. The third kappa shape index (κ3) is 3.67. The zero-order valence-corrected chi connectivity index (χ0v) is 15.4. The molecule has 4 heterocycles. The van der Waals surface area contributed by atoms with Crippen molar-refractivity contribution in [1.29, 1.82) is 0 Å². The quantitative estimate of drug-likeness (QED) is 0.674. The Morgan fingerprint density at radius 1 is 1.38 bits per heavy atom. The number of H-pyrrole nitrogens is 1. The van der Waals surface area contributed by atoms with Gasteiger partial charge >= 0.3 is 0 Å². The van der Waals surface area contributed by atoms with E-state index in [1.807, 2.05) is 11.1 Å². The smallest absolute Gasteiger partial charge is 0.259 e. The zero-order valence-electron chi connectivity index (χ0n) is 14.6. The lowest BCUT2D eigenvalue weighted by Gasteiger charge is -2.31. The number of rotatable bonds is 4. The van der Waals surface area contributed by atoms with Gasteiger partial charge in [-0.3, -0.25) is 4.79 Å². The van der Waals surface area contributed by atoms with Gasteiger partial charge < -0.3 is 25.4 Å². The maximum atomic E-state index is 12.6. The summed E-state index contributed by atoms with van der Waals surface area (Å²) < 4.78 is 0. The van der Waals surface area contributed by atoms with E-state index in [-0.39, 0.29) is 11.9 Å². The van der Waals surface area contributed by atoms with E-state index in [2.05, 4.69) is 42.5 Å². The molecule has 10 heteroatoms. The van der Waals surface area contributed by atoms with Crippen LogP contribution in [-0.2, 0) is 4.79 Å². The molecule has 2 aliphatic heterocycles. The van der Waals surface area contributed by atoms with Gasteiger partial charge in [-0.05, 0) is 7.05 Å². The van der Waals surface area contributed by atoms with Crippen molar-refractivity contribution in [1.82, 2.24) is 35.5 Å². The molecule has 0 spiro atoms. The second-order valence-corrected chi connectivity index (χ2v) is 7.59. The number of imidazole rings is 1. The van der Waals surface area contributed by atoms with E-state index in [4.69, 9.17) is 0 Å². The van der Waals surface area contributed by atoms with Crippen LogP contribution < -0.4 is 15.5 Å². The Morgan fingerprint density at radius 3 is 3.19 bits per heavy atom. The first-order valence-electron chi connectivity index (χ1n) is 8.66. The fraction of sp³-hybridized carbons (Fsp3) is 0.500. The molecule has 2 aliphatic rings. The molecule has 0 radical (unpaired) electrons. The molecule has 1 fully saturated rings. The molecule has 1 amide bonds. The highest BCUT2D eigenvalue weighted by Crippen LogP contribution is 2.27. The van der Waals surface area contributed by atoms with Crippen molar-refractivity contribution in [3.63, 3.8) is 0 Å². The molecular formula is C16H22N8OS. The summed E-state index contributed by atoms with van der Waals surface area (Å²) in [6.45, 7) is 4.34. The fourth-order valence-electron chi connectivity index (χ4n) is 3.19. The highest BCUT2D eigenvalue weighted by Gasteiger charge is 2.22. The summed E-state index contributed by atoms with van der Waals surface area (Å²) >= 11 is 1.57. The minimum Gasteiger partial charge on any atom is -0.350 e. The highest BCUT2D eigenvalue weighted by molar-refractivity contribution is 8.04. The Morgan fingerprint density at radius 2 is 2.31 bits per heavy atom. The summed E-state index contributed by atoms with van der Waals surface area (Å²) in [6, 6.07) is 0.287. The van der Waals surface area contributed by atoms with Crippen LogP contribution in [0.1, 0.15) is 0 Å². The maximum Gasteiger partial charge on any atom is 0.259 e. The number of aromatic nitrogens is 4. The summed E-state index contributed by atoms with van der Waals surface area (Å²) in [5.74, 6) is 1.53.